The molecule has 5 rings (SSSR count). The number of fused-ring (bicyclic) bond motifs is 2. The minimum atomic E-state index is -1.02. The van der Waals surface area contributed by atoms with E-state index < -0.39 is 23.6 Å². The summed E-state index contributed by atoms with van der Waals surface area (Å²) in [7, 11) is 0. The number of aromatic nitrogens is 1. The summed E-state index contributed by atoms with van der Waals surface area (Å²) in [6.07, 6.45) is 1.46. The zero-order valence-electron chi connectivity index (χ0n) is 19.8. The molecule has 0 aliphatic carbocycles. The number of pyridine rings is 1. The smallest absolute Gasteiger partial charge is 0.412 e. The van der Waals surface area contributed by atoms with Gasteiger partial charge in [0.2, 0.25) is 5.91 Å². The summed E-state index contributed by atoms with van der Waals surface area (Å²) in [5.41, 5.74) is 1.89. The highest BCUT2D eigenvalue weighted by atomic mass is 35.5. The Kier molecular flexibility index (Phi) is 6.82. The lowest BCUT2D eigenvalue weighted by molar-refractivity contribution is -0.133. The van der Waals surface area contributed by atoms with E-state index in [-0.39, 0.29) is 31.0 Å². The van der Waals surface area contributed by atoms with Crippen molar-refractivity contribution in [1.82, 2.24) is 15.2 Å². The number of anilines is 1. The molecule has 3 N–H and O–H groups in total. The normalized spacial score (nSPS) is 19.1. The summed E-state index contributed by atoms with van der Waals surface area (Å²) in [5.74, 6) is -0.738. The van der Waals surface area contributed by atoms with Crippen LogP contribution in [0.3, 0.4) is 0 Å². The fraction of sp³-hybridized carbons (Fsp3) is 0.259. The molecule has 1 saturated heterocycles. The first-order valence-corrected chi connectivity index (χ1v) is 12.2. The average Bonchev–Trinajstić information content (AvgIpc) is 3.33. The monoisotopic (exact) mass is 520 g/mol. The number of amides is 3. The lowest BCUT2D eigenvalue weighted by atomic mass is 9.90. The van der Waals surface area contributed by atoms with Crippen LogP contribution in [-0.2, 0) is 28.2 Å². The van der Waals surface area contributed by atoms with Crippen molar-refractivity contribution in [3.8, 4) is 0 Å². The number of carbonyl (C=O) groups excluding carboxylic acids is 3. The van der Waals surface area contributed by atoms with Gasteiger partial charge in [0.05, 0.1) is 30.1 Å². The number of carbonyl (C=O) groups is 3. The molecule has 3 heterocycles. The molecule has 3 aromatic rings. The van der Waals surface area contributed by atoms with Crippen molar-refractivity contribution < 1.29 is 24.2 Å². The maximum Gasteiger partial charge on any atom is 0.412 e. The van der Waals surface area contributed by atoms with Crippen molar-refractivity contribution >= 4 is 35.2 Å². The molecule has 3 amide bonds. The van der Waals surface area contributed by atoms with Gasteiger partial charge in [-0.3, -0.25) is 19.9 Å². The molecule has 2 aromatic carbocycles. The van der Waals surface area contributed by atoms with Crippen molar-refractivity contribution in [3.63, 3.8) is 0 Å². The van der Waals surface area contributed by atoms with Crippen LogP contribution in [0.5, 0.6) is 0 Å². The molecule has 0 bridgehead atoms. The molecule has 1 unspecified atom stereocenters. The summed E-state index contributed by atoms with van der Waals surface area (Å²) < 4.78 is 5.75. The van der Waals surface area contributed by atoms with Gasteiger partial charge in [-0.25, -0.2) is 4.79 Å². The Labute approximate surface area is 218 Å². The summed E-state index contributed by atoms with van der Waals surface area (Å²) in [4.78, 5) is 44.8. The number of nitrogens with one attached hydrogen (secondary N) is 2. The van der Waals surface area contributed by atoms with Gasteiger partial charge < -0.3 is 20.1 Å². The third-order valence-electron chi connectivity index (χ3n) is 6.68. The van der Waals surface area contributed by atoms with E-state index in [1.807, 2.05) is 30.3 Å². The van der Waals surface area contributed by atoms with Gasteiger partial charge in [0, 0.05) is 36.2 Å². The fourth-order valence-corrected chi connectivity index (χ4v) is 4.98. The first-order chi connectivity index (χ1) is 17.9. The zero-order valence-corrected chi connectivity index (χ0v) is 20.6. The number of aliphatic hydroxyl groups excluding tert-OH is 1. The van der Waals surface area contributed by atoms with Crippen LogP contribution < -0.4 is 10.6 Å². The van der Waals surface area contributed by atoms with Gasteiger partial charge in [0.25, 0.3) is 5.91 Å². The lowest BCUT2D eigenvalue weighted by Crippen LogP contribution is -2.50. The third kappa shape index (κ3) is 5.14. The van der Waals surface area contributed by atoms with Crippen molar-refractivity contribution in [2.75, 3.05) is 18.4 Å². The van der Waals surface area contributed by atoms with E-state index in [0.717, 1.165) is 5.56 Å². The molecule has 190 valence electrons. The SMILES string of the molecule is O=C1Nc2ccc(Cl)cc2C2(CCN(C(=O)[C@H](Cc3ccccc3)NC(=O)c3ccc(CO)nc3)C2)O1. The van der Waals surface area contributed by atoms with Gasteiger partial charge in [0.15, 0.2) is 5.60 Å². The van der Waals surface area contributed by atoms with Crippen molar-refractivity contribution in [3.05, 3.63) is 94.3 Å². The Morgan fingerprint density at radius 3 is 2.73 bits per heavy atom. The molecule has 2 atom stereocenters. The summed E-state index contributed by atoms with van der Waals surface area (Å²) in [6, 6.07) is 16.8. The predicted molar refractivity (Wildman–Crippen MR) is 136 cm³/mol. The summed E-state index contributed by atoms with van der Waals surface area (Å²) >= 11 is 6.23. The molecule has 1 aromatic heterocycles. The Morgan fingerprint density at radius 1 is 1.19 bits per heavy atom. The van der Waals surface area contributed by atoms with Gasteiger partial charge in [0.1, 0.15) is 6.04 Å². The zero-order chi connectivity index (χ0) is 26.0. The van der Waals surface area contributed by atoms with E-state index in [2.05, 4.69) is 15.6 Å². The second-order valence-electron chi connectivity index (χ2n) is 9.12. The number of hydrogen-bond donors (Lipinski definition) is 3. The molecule has 2 aliphatic rings. The van der Waals surface area contributed by atoms with Crippen LogP contribution in [0, 0.1) is 0 Å². The molecule has 9 nitrogen and oxygen atoms in total. The molecule has 2 aliphatic heterocycles. The van der Waals surface area contributed by atoms with Crippen LogP contribution in [0.15, 0.2) is 66.9 Å². The summed E-state index contributed by atoms with van der Waals surface area (Å²) in [6.45, 7) is 0.245. The summed E-state index contributed by atoms with van der Waals surface area (Å²) in [5, 5.41) is 15.2. The van der Waals surface area contributed by atoms with Crippen LogP contribution in [0.25, 0.3) is 0 Å². The van der Waals surface area contributed by atoms with Gasteiger partial charge in [-0.2, -0.15) is 0 Å². The Bertz CT molecular complexity index is 1330. The highest BCUT2D eigenvalue weighted by Gasteiger charge is 2.49. The number of nitrogens with zero attached hydrogens (tertiary/aromatic N) is 2. The molecule has 1 spiro atoms. The van der Waals surface area contributed by atoms with Crippen LogP contribution in [0.1, 0.15) is 33.6 Å². The first kappa shape index (κ1) is 24.7. The van der Waals surface area contributed by atoms with E-state index in [1.54, 1.807) is 35.2 Å². The Hall–Kier alpha value is -3.95. The number of hydrogen-bond acceptors (Lipinski definition) is 6. The van der Waals surface area contributed by atoms with Crippen molar-refractivity contribution in [2.45, 2.75) is 31.1 Å². The van der Waals surface area contributed by atoms with Gasteiger partial charge >= 0.3 is 6.09 Å². The van der Waals surface area contributed by atoms with Crippen LogP contribution in [0.4, 0.5) is 10.5 Å². The van der Waals surface area contributed by atoms with Crippen molar-refractivity contribution in [1.29, 1.82) is 0 Å². The maximum absolute atomic E-state index is 13.8. The Balaban J connectivity index is 1.39. The largest absolute Gasteiger partial charge is 0.436 e. The topological polar surface area (TPSA) is 121 Å². The van der Waals surface area contributed by atoms with Gasteiger partial charge in [-0.1, -0.05) is 41.9 Å². The number of aliphatic hydroxyl groups is 1. The maximum atomic E-state index is 13.8. The van der Waals surface area contributed by atoms with E-state index in [9.17, 15) is 19.5 Å². The van der Waals surface area contributed by atoms with Crippen molar-refractivity contribution in [2.24, 2.45) is 0 Å². The number of halogens is 1. The van der Waals surface area contributed by atoms with Gasteiger partial charge in [-0.15, -0.1) is 0 Å². The number of rotatable bonds is 6. The van der Waals surface area contributed by atoms with E-state index >= 15 is 0 Å². The average molecular weight is 521 g/mol. The second kappa shape index (κ2) is 10.2. The third-order valence-corrected chi connectivity index (χ3v) is 6.91. The van der Waals surface area contributed by atoms with E-state index in [1.165, 1.54) is 6.20 Å². The Morgan fingerprint density at radius 2 is 2.00 bits per heavy atom. The van der Waals surface area contributed by atoms with Crippen LogP contribution in [-0.4, -0.2) is 52.0 Å². The number of likely N-dealkylation sites (tertiary alicyclic amines) is 1. The molecule has 37 heavy (non-hydrogen) atoms. The molecular formula is C27H25ClN4O5. The minimum Gasteiger partial charge on any atom is -0.436 e. The minimum absolute atomic E-state index is 0.139. The fourth-order valence-electron chi connectivity index (χ4n) is 4.81. The first-order valence-electron chi connectivity index (χ1n) is 11.9. The predicted octanol–water partition coefficient (Wildman–Crippen LogP) is 3.26. The number of benzene rings is 2. The number of ether oxygens (including phenoxy) is 1. The van der Waals surface area contributed by atoms with Gasteiger partial charge in [-0.05, 0) is 35.9 Å². The molecule has 10 heteroatoms. The van der Waals surface area contributed by atoms with E-state index in [0.29, 0.717) is 34.9 Å². The lowest BCUT2D eigenvalue weighted by Gasteiger charge is -2.35. The second-order valence-corrected chi connectivity index (χ2v) is 9.56. The molecule has 0 radical (unpaired) electrons. The highest BCUT2D eigenvalue weighted by molar-refractivity contribution is 6.30. The standard InChI is InChI=1S/C27H25ClN4O5/c28-19-7-9-22-21(13-19)27(37-26(36)31-22)10-11-32(16-27)25(35)23(12-17-4-2-1-3-5-17)30-24(34)18-6-8-20(15-33)29-14-18/h1-9,13-14,23,33H,10-12,15-16H2,(H,30,34)(H,31,36)/t23-,27?/m0/s1. The quantitative estimate of drug-likeness (QED) is 0.459. The molecule has 1 fully saturated rings. The molecular weight excluding hydrogens is 496 g/mol. The van der Waals surface area contributed by atoms with Crippen LogP contribution >= 0.6 is 11.6 Å². The molecule has 0 saturated carbocycles. The highest BCUT2D eigenvalue weighted by Crippen LogP contribution is 2.43. The van der Waals surface area contributed by atoms with Crippen LogP contribution in [0.2, 0.25) is 5.02 Å². The van der Waals surface area contributed by atoms with E-state index in [4.69, 9.17) is 16.3 Å².